The lowest BCUT2D eigenvalue weighted by atomic mass is 9.93. The lowest BCUT2D eigenvalue weighted by molar-refractivity contribution is 0.0993. The van der Waals surface area contributed by atoms with E-state index in [2.05, 4.69) is 15.8 Å². The summed E-state index contributed by atoms with van der Waals surface area (Å²) in [6, 6.07) is 13.4. The number of furan rings is 1. The first kappa shape index (κ1) is 21.5. The van der Waals surface area contributed by atoms with Crippen molar-refractivity contribution in [1.29, 1.82) is 0 Å². The fourth-order valence-electron chi connectivity index (χ4n) is 3.60. The molecule has 0 unspecified atom stereocenters. The fraction of sp³-hybridized carbons (Fsp3) is 0.174. The minimum atomic E-state index is -0.754. The van der Waals surface area contributed by atoms with Crippen molar-refractivity contribution in [2.75, 3.05) is 5.32 Å². The van der Waals surface area contributed by atoms with Gasteiger partial charge < -0.3 is 20.2 Å². The number of benzene rings is 2. The van der Waals surface area contributed by atoms with Gasteiger partial charge in [-0.15, -0.1) is 0 Å². The van der Waals surface area contributed by atoms with Gasteiger partial charge in [0.25, 0.3) is 5.91 Å². The van der Waals surface area contributed by atoms with Gasteiger partial charge in [0.15, 0.2) is 11.5 Å². The minimum absolute atomic E-state index is 0.161. The number of hydrazone groups is 1. The Labute approximate surface area is 189 Å². The van der Waals surface area contributed by atoms with Crippen molar-refractivity contribution in [3.63, 3.8) is 0 Å². The molecule has 8 nitrogen and oxygen atoms in total. The summed E-state index contributed by atoms with van der Waals surface area (Å²) in [5, 5.41) is 7.36. The Balaban J connectivity index is 1.62. The maximum Gasteiger partial charge on any atom is 0.332 e. The number of halogens is 1. The highest BCUT2D eigenvalue weighted by atomic mass is 35.5. The molecule has 4 rings (SSSR count). The molecule has 164 valence electrons. The predicted molar refractivity (Wildman–Crippen MR) is 122 cm³/mol. The number of aryl methyl sites for hydroxylation is 1. The van der Waals surface area contributed by atoms with Crippen LogP contribution in [0.15, 0.2) is 58.0 Å². The van der Waals surface area contributed by atoms with Crippen LogP contribution in [0.25, 0.3) is 0 Å². The van der Waals surface area contributed by atoms with Crippen molar-refractivity contribution in [3.05, 3.63) is 76.2 Å². The summed E-state index contributed by atoms with van der Waals surface area (Å²) in [6.45, 7) is 1.78. The Kier molecular flexibility index (Phi) is 6.13. The van der Waals surface area contributed by atoms with Crippen molar-refractivity contribution < 1.29 is 18.7 Å². The van der Waals surface area contributed by atoms with E-state index >= 15 is 0 Å². The maximum absolute atomic E-state index is 13.1. The average Bonchev–Trinajstić information content (AvgIpc) is 3.12. The van der Waals surface area contributed by atoms with Gasteiger partial charge in [-0.2, -0.15) is 5.10 Å². The third-order valence-corrected chi connectivity index (χ3v) is 5.23. The van der Waals surface area contributed by atoms with E-state index in [1.54, 1.807) is 25.1 Å². The molecule has 4 N–H and O–H groups in total. The molecule has 0 bridgehead atoms. The third kappa shape index (κ3) is 4.60. The number of rotatable bonds is 5. The molecule has 32 heavy (non-hydrogen) atoms. The lowest BCUT2D eigenvalue weighted by Crippen LogP contribution is -2.27. The van der Waals surface area contributed by atoms with Gasteiger partial charge in [0.2, 0.25) is 0 Å². The van der Waals surface area contributed by atoms with Crippen LogP contribution in [0.2, 0.25) is 5.02 Å². The molecule has 0 fully saturated rings. The van der Waals surface area contributed by atoms with Crippen LogP contribution >= 0.6 is 11.6 Å². The SMILES string of the molecule is Cc1c(C(=O)Nc2cc(Cl)ccc2Oc2ccccc2)oc2c1/C(=N/NC(N)=O)CCC2. The highest BCUT2D eigenvalue weighted by Gasteiger charge is 2.28. The van der Waals surface area contributed by atoms with E-state index in [-0.39, 0.29) is 5.76 Å². The number of carbonyl (C=O) groups is 2. The number of amides is 3. The van der Waals surface area contributed by atoms with Gasteiger partial charge in [-0.1, -0.05) is 29.8 Å². The third-order valence-electron chi connectivity index (χ3n) is 4.99. The standard InChI is InChI=1S/C23H21ClN4O4/c1-13-20-16(27-28-23(25)30)8-5-9-19(20)32-21(13)22(29)26-17-12-14(24)10-11-18(17)31-15-6-3-2-4-7-15/h2-4,6-7,10-12H,5,8-9H2,1H3,(H,26,29)(H3,25,28,30)/b27-16+. The molecule has 1 aromatic heterocycles. The van der Waals surface area contributed by atoms with Gasteiger partial charge in [0, 0.05) is 22.6 Å². The van der Waals surface area contributed by atoms with E-state index in [1.165, 1.54) is 0 Å². The molecule has 0 radical (unpaired) electrons. The molecular weight excluding hydrogens is 432 g/mol. The number of nitrogens with zero attached hydrogens (tertiary/aromatic N) is 1. The Morgan fingerprint density at radius 1 is 1.16 bits per heavy atom. The van der Waals surface area contributed by atoms with Crippen LogP contribution in [0.4, 0.5) is 10.5 Å². The Bertz CT molecular complexity index is 1200. The lowest BCUT2D eigenvalue weighted by Gasteiger charge is -2.13. The Morgan fingerprint density at radius 3 is 2.69 bits per heavy atom. The first-order chi connectivity index (χ1) is 15.4. The smallest absolute Gasteiger partial charge is 0.332 e. The second-order valence-electron chi connectivity index (χ2n) is 7.25. The summed E-state index contributed by atoms with van der Waals surface area (Å²) in [4.78, 5) is 24.1. The molecule has 0 aliphatic heterocycles. The second kappa shape index (κ2) is 9.15. The van der Waals surface area contributed by atoms with E-state index in [4.69, 9.17) is 26.5 Å². The zero-order valence-electron chi connectivity index (χ0n) is 17.3. The van der Waals surface area contributed by atoms with Crippen molar-refractivity contribution >= 4 is 34.9 Å². The molecule has 2 aromatic carbocycles. The molecular formula is C23H21ClN4O4. The molecule has 3 aromatic rings. The van der Waals surface area contributed by atoms with Crippen LogP contribution in [0, 0.1) is 6.92 Å². The first-order valence-electron chi connectivity index (χ1n) is 10.0. The summed E-state index contributed by atoms with van der Waals surface area (Å²) in [5.74, 6) is 1.43. The number of urea groups is 1. The molecule has 0 saturated carbocycles. The van der Waals surface area contributed by atoms with E-state index in [1.807, 2.05) is 30.3 Å². The monoisotopic (exact) mass is 452 g/mol. The molecule has 1 aliphatic carbocycles. The van der Waals surface area contributed by atoms with Crippen LogP contribution in [-0.2, 0) is 6.42 Å². The highest BCUT2D eigenvalue weighted by Crippen LogP contribution is 2.34. The van der Waals surface area contributed by atoms with Gasteiger partial charge >= 0.3 is 6.03 Å². The summed E-state index contributed by atoms with van der Waals surface area (Å²) >= 11 is 6.15. The molecule has 9 heteroatoms. The molecule has 0 spiro atoms. The zero-order chi connectivity index (χ0) is 22.7. The number of hydrogen-bond donors (Lipinski definition) is 3. The fourth-order valence-corrected chi connectivity index (χ4v) is 3.77. The van der Waals surface area contributed by atoms with Crippen LogP contribution in [-0.4, -0.2) is 17.6 Å². The number of nitrogens with two attached hydrogens (primary N) is 1. The number of carbonyl (C=O) groups excluding carboxylic acids is 2. The summed E-state index contributed by atoms with van der Waals surface area (Å²) in [5.41, 5.74) is 9.76. The number of nitrogens with one attached hydrogen (secondary N) is 2. The van der Waals surface area contributed by atoms with Crippen molar-refractivity contribution in [2.24, 2.45) is 10.8 Å². The number of anilines is 1. The number of hydrogen-bond acceptors (Lipinski definition) is 5. The van der Waals surface area contributed by atoms with Crippen LogP contribution in [0.5, 0.6) is 11.5 Å². The molecule has 3 amide bonds. The maximum atomic E-state index is 13.1. The van der Waals surface area contributed by atoms with Gasteiger partial charge in [-0.3, -0.25) is 4.79 Å². The summed E-state index contributed by atoms with van der Waals surface area (Å²) in [7, 11) is 0. The van der Waals surface area contributed by atoms with E-state index in [9.17, 15) is 9.59 Å². The van der Waals surface area contributed by atoms with Crippen LogP contribution < -0.4 is 21.2 Å². The number of fused-ring (bicyclic) bond motifs is 1. The molecule has 1 heterocycles. The highest BCUT2D eigenvalue weighted by molar-refractivity contribution is 6.31. The number of ether oxygens (including phenoxy) is 1. The molecule has 0 atom stereocenters. The van der Waals surface area contributed by atoms with Gasteiger partial charge in [0.1, 0.15) is 11.5 Å². The Hall–Kier alpha value is -3.78. The van der Waals surface area contributed by atoms with Crippen molar-refractivity contribution in [1.82, 2.24) is 5.43 Å². The average molecular weight is 453 g/mol. The van der Waals surface area contributed by atoms with Gasteiger partial charge in [0.05, 0.1) is 11.4 Å². The molecule has 0 saturated heterocycles. The largest absolute Gasteiger partial charge is 0.455 e. The summed E-state index contributed by atoms with van der Waals surface area (Å²) in [6.07, 6.45) is 2.08. The first-order valence-corrected chi connectivity index (χ1v) is 10.4. The summed E-state index contributed by atoms with van der Waals surface area (Å²) < 4.78 is 11.8. The van der Waals surface area contributed by atoms with Gasteiger partial charge in [-0.25, -0.2) is 10.2 Å². The van der Waals surface area contributed by atoms with E-state index < -0.39 is 11.9 Å². The van der Waals surface area contributed by atoms with Crippen molar-refractivity contribution in [3.8, 4) is 11.5 Å². The minimum Gasteiger partial charge on any atom is -0.455 e. The zero-order valence-corrected chi connectivity index (χ0v) is 18.0. The van der Waals surface area contributed by atoms with Gasteiger partial charge in [-0.05, 0) is 50.1 Å². The van der Waals surface area contributed by atoms with E-state index in [0.717, 1.165) is 12.0 Å². The molecule has 1 aliphatic rings. The topological polar surface area (TPSA) is 119 Å². The number of primary amides is 1. The quantitative estimate of drug-likeness (QED) is 0.472. The van der Waals surface area contributed by atoms with E-state index in [0.29, 0.717) is 52.1 Å². The van der Waals surface area contributed by atoms with Crippen molar-refractivity contribution in [2.45, 2.75) is 26.2 Å². The second-order valence-corrected chi connectivity index (χ2v) is 7.69. The Morgan fingerprint density at radius 2 is 1.94 bits per heavy atom. The van der Waals surface area contributed by atoms with Crippen LogP contribution in [0.3, 0.4) is 0 Å². The number of para-hydroxylation sites is 1. The van der Waals surface area contributed by atoms with Crippen LogP contribution in [0.1, 0.15) is 40.3 Å². The predicted octanol–water partition coefficient (Wildman–Crippen LogP) is 4.99. The normalized spacial score (nSPS) is 14.0.